The predicted octanol–water partition coefficient (Wildman–Crippen LogP) is 1.89. The molecular formula is C13H19N. The number of nitrogens with one attached hydrogen (secondary N) is 1. The molecule has 1 nitrogen and oxygen atoms in total. The minimum absolute atomic E-state index is 0.771. The molecule has 0 aromatic carbocycles. The molecule has 2 unspecified atom stereocenters. The lowest BCUT2D eigenvalue weighted by Crippen LogP contribution is -2.34. The van der Waals surface area contributed by atoms with Crippen molar-refractivity contribution in [3.05, 3.63) is 22.8 Å². The minimum atomic E-state index is 0.771. The summed E-state index contributed by atoms with van der Waals surface area (Å²) in [5.41, 5.74) is 0. The Bertz CT molecular complexity index is 405. The van der Waals surface area contributed by atoms with Crippen molar-refractivity contribution in [3.63, 3.8) is 0 Å². The number of aromatic amines is 1. The molecule has 2 atom stereocenters. The zero-order valence-electron chi connectivity index (χ0n) is 9.25. The Morgan fingerprint density at radius 1 is 1.36 bits per heavy atom. The van der Waals surface area contributed by atoms with E-state index in [2.05, 4.69) is 44.0 Å². The SMILES string of the molecule is C/C=c1/cc[nH]/c1=C/C1C(C)CC1C. The van der Waals surface area contributed by atoms with Crippen LogP contribution in [0.1, 0.15) is 27.2 Å². The monoisotopic (exact) mass is 189 g/mol. The van der Waals surface area contributed by atoms with E-state index in [1.807, 2.05) is 6.20 Å². The van der Waals surface area contributed by atoms with Crippen LogP contribution in [-0.4, -0.2) is 4.98 Å². The average Bonchev–Trinajstić information content (AvgIpc) is 2.61. The number of rotatable bonds is 1. The highest BCUT2D eigenvalue weighted by molar-refractivity contribution is 5.31. The fourth-order valence-corrected chi connectivity index (χ4v) is 2.58. The molecule has 2 rings (SSSR count). The summed E-state index contributed by atoms with van der Waals surface area (Å²) in [4.78, 5) is 3.31. The van der Waals surface area contributed by atoms with Crippen molar-refractivity contribution in [2.75, 3.05) is 0 Å². The van der Waals surface area contributed by atoms with Gasteiger partial charge in [0.2, 0.25) is 0 Å². The van der Waals surface area contributed by atoms with Gasteiger partial charge in [0, 0.05) is 11.5 Å². The molecule has 76 valence electrons. The van der Waals surface area contributed by atoms with Gasteiger partial charge in [-0.3, -0.25) is 0 Å². The van der Waals surface area contributed by atoms with Crippen molar-refractivity contribution in [2.24, 2.45) is 17.8 Å². The second-order valence-electron chi connectivity index (χ2n) is 4.57. The molecule has 0 saturated heterocycles. The van der Waals surface area contributed by atoms with E-state index in [0.717, 1.165) is 17.8 Å². The average molecular weight is 189 g/mol. The summed E-state index contributed by atoms with van der Waals surface area (Å²) in [6.07, 6.45) is 7.98. The highest BCUT2D eigenvalue weighted by Crippen LogP contribution is 2.40. The summed E-state index contributed by atoms with van der Waals surface area (Å²) in [6, 6.07) is 2.14. The van der Waals surface area contributed by atoms with E-state index < -0.39 is 0 Å². The zero-order valence-corrected chi connectivity index (χ0v) is 9.25. The first-order valence-corrected chi connectivity index (χ1v) is 5.54. The van der Waals surface area contributed by atoms with Crippen LogP contribution >= 0.6 is 0 Å². The molecule has 0 bridgehead atoms. The molecule has 0 radical (unpaired) electrons. The van der Waals surface area contributed by atoms with Gasteiger partial charge in [-0.25, -0.2) is 0 Å². The molecular weight excluding hydrogens is 170 g/mol. The van der Waals surface area contributed by atoms with Gasteiger partial charge >= 0.3 is 0 Å². The number of aromatic nitrogens is 1. The number of hydrogen-bond donors (Lipinski definition) is 1. The second-order valence-corrected chi connectivity index (χ2v) is 4.57. The molecule has 1 saturated carbocycles. The summed E-state index contributed by atoms with van der Waals surface area (Å²) in [5.74, 6) is 2.49. The van der Waals surface area contributed by atoms with Crippen LogP contribution < -0.4 is 10.6 Å². The highest BCUT2D eigenvalue weighted by Gasteiger charge is 2.32. The predicted molar refractivity (Wildman–Crippen MR) is 61.1 cm³/mol. The van der Waals surface area contributed by atoms with Crippen molar-refractivity contribution >= 4 is 12.2 Å². The molecule has 1 fully saturated rings. The zero-order chi connectivity index (χ0) is 10.1. The van der Waals surface area contributed by atoms with E-state index in [9.17, 15) is 0 Å². The normalized spacial score (nSPS) is 34.6. The quantitative estimate of drug-likeness (QED) is 0.694. The van der Waals surface area contributed by atoms with E-state index in [4.69, 9.17) is 0 Å². The second kappa shape index (κ2) is 3.64. The van der Waals surface area contributed by atoms with Crippen LogP contribution in [0.2, 0.25) is 0 Å². The molecule has 14 heavy (non-hydrogen) atoms. The lowest BCUT2D eigenvalue weighted by molar-refractivity contribution is 0.162. The Morgan fingerprint density at radius 3 is 2.64 bits per heavy atom. The summed E-state index contributed by atoms with van der Waals surface area (Å²) in [5, 5.41) is 2.63. The maximum atomic E-state index is 3.31. The van der Waals surface area contributed by atoms with Gasteiger partial charge in [-0.1, -0.05) is 26.0 Å². The van der Waals surface area contributed by atoms with Gasteiger partial charge in [0.1, 0.15) is 0 Å². The van der Waals surface area contributed by atoms with E-state index in [-0.39, 0.29) is 0 Å². The van der Waals surface area contributed by atoms with Crippen LogP contribution in [-0.2, 0) is 0 Å². The van der Waals surface area contributed by atoms with Gasteiger partial charge in [-0.05, 0) is 42.4 Å². The van der Waals surface area contributed by atoms with E-state index in [1.54, 1.807) is 0 Å². The van der Waals surface area contributed by atoms with Gasteiger partial charge in [0.25, 0.3) is 0 Å². The van der Waals surface area contributed by atoms with Crippen molar-refractivity contribution in [1.29, 1.82) is 0 Å². The fraction of sp³-hybridized carbons (Fsp3) is 0.538. The Labute approximate surface area is 85.5 Å². The molecule has 1 aliphatic rings. The molecule has 1 aliphatic carbocycles. The van der Waals surface area contributed by atoms with Crippen LogP contribution in [0.3, 0.4) is 0 Å². The first kappa shape index (κ1) is 9.57. The Hall–Kier alpha value is -0.980. The molecule has 1 aromatic rings. The van der Waals surface area contributed by atoms with E-state index >= 15 is 0 Å². The number of hydrogen-bond acceptors (Lipinski definition) is 0. The topological polar surface area (TPSA) is 15.8 Å². The molecule has 1 aromatic heterocycles. The third-order valence-corrected chi connectivity index (χ3v) is 3.54. The van der Waals surface area contributed by atoms with Crippen LogP contribution in [0.15, 0.2) is 12.3 Å². The minimum Gasteiger partial charge on any atom is -0.361 e. The third-order valence-electron chi connectivity index (χ3n) is 3.54. The maximum absolute atomic E-state index is 3.31. The lowest BCUT2D eigenvalue weighted by Gasteiger charge is -2.39. The molecule has 0 amide bonds. The molecule has 0 aliphatic heterocycles. The van der Waals surface area contributed by atoms with E-state index in [0.29, 0.717) is 0 Å². The number of H-pyrrole nitrogens is 1. The van der Waals surface area contributed by atoms with E-state index in [1.165, 1.54) is 17.0 Å². The Balaban J connectivity index is 2.35. The van der Waals surface area contributed by atoms with Gasteiger partial charge in [-0.15, -0.1) is 0 Å². The smallest absolute Gasteiger partial charge is 0.0413 e. The molecule has 1 N–H and O–H groups in total. The van der Waals surface area contributed by atoms with Crippen LogP contribution in [0.25, 0.3) is 12.2 Å². The summed E-state index contributed by atoms with van der Waals surface area (Å²) >= 11 is 0. The Morgan fingerprint density at radius 2 is 2.07 bits per heavy atom. The van der Waals surface area contributed by atoms with Gasteiger partial charge in [-0.2, -0.15) is 0 Å². The first-order chi connectivity index (χ1) is 6.72. The first-order valence-electron chi connectivity index (χ1n) is 5.54. The standard InChI is InChI=1S/C13H19N/c1-4-11-5-6-14-13(11)8-12-9(2)7-10(12)3/h4-6,8-10,12,14H,7H2,1-3H3/b11-4-,13-8+. The van der Waals surface area contributed by atoms with Gasteiger partial charge < -0.3 is 4.98 Å². The fourth-order valence-electron chi connectivity index (χ4n) is 2.58. The third kappa shape index (κ3) is 1.52. The molecule has 1 heteroatoms. The molecule has 0 spiro atoms. The van der Waals surface area contributed by atoms with Crippen LogP contribution in [0.4, 0.5) is 0 Å². The van der Waals surface area contributed by atoms with Crippen molar-refractivity contribution < 1.29 is 0 Å². The summed E-state index contributed by atoms with van der Waals surface area (Å²) < 4.78 is 0. The van der Waals surface area contributed by atoms with Crippen molar-refractivity contribution in [2.45, 2.75) is 27.2 Å². The van der Waals surface area contributed by atoms with Gasteiger partial charge in [0.05, 0.1) is 0 Å². The summed E-state index contributed by atoms with van der Waals surface area (Å²) in [6.45, 7) is 6.78. The largest absolute Gasteiger partial charge is 0.361 e. The maximum Gasteiger partial charge on any atom is 0.0413 e. The Kier molecular flexibility index (Phi) is 2.49. The van der Waals surface area contributed by atoms with Crippen molar-refractivity contribution in [3.8, 4) is 0 Å². The lowest BCUT2D eigenvalue weighted by atomic mass is 9.66. The molecule has 1 heterocycles. The highest BCUT2D eigenvalue weighted by atomic mass is 14.6. The van der Waals surface area contributed by atoms with Crippen molar-refractivity contribution in [1.82, 2.24) is 4.98 Å². The summed E-state index contributed by atoms with van der Waals surface area (Å²) in [7, 11) is 0. The van der Waals surface area contributed by atoms with Gasteiger partial charge in [0.15, 0.2) is 0 Å². The van der Waals surface area contributed by atoms with Crippen LogP contribution in [0, 0.1) is 17.8 Å². The van der Waals surface area contributed by atoms with Crippen LogP contribution in [0.5, 0.6) is 0 Å².